The number of pyridine rings is 1. The van der Waals surface area contributed by atoms with Crippen LogP contribution < -0.4 is 4.90 Å². The highest BCUT2D eigenvalue weighted by atomic mass is 79.9. The molecule has 4 nitrogen and oxygen atoms in total. The Kier molecular flexibility index (Phi) is 2.97. The molecule has 0 atom stereocenters. The summed E-state index contributed by atoms with van der Waals surface area (Å²) in [7, 11) is 3.88. The van der Waals surface area contributed by atoms with Crippen molar-refractivity contribution in [3.63, 3.8) is 0 Å². The van der Waals surface area contributed by atoms with Gasteiger partial charge in [-0.2, -0.15) is 0 Å². The van der Waals surface area contributed by atoms with Gasteiger partial charge in [0, 0.05) is 24.8 Å². The molecule has 0 aliphatic heterocycles. The van der Waals surface area contributed by atoms with Crippen LogP contribution in [0.2, 0.25) is 0 Å². The van der Waals surface area contributed by atoms with Crippen molar-refractivity contribution in [2.45, 2.75) is 0 Å². The molecule has 2 heterocycles. The van der Waals surface area contributed by atoms with Crippen LogP contribution in [0.5, 0.6) is 0 Å². The zero-order valence-electron chi connectivity index (χ0n) is 8.31. The van der Waals surface area contributed by atoms with Crippen molar-refractivity contribution in [2.75, 3.05) is 19.0 Å². The summed E-state index contributed by atoms with van der Waals surface area (Å²) in [5, 5.41) is 9.87. The molecule has 0 aliphatic rings. The molecular weight excluding hydrogens is 276 g/mol. The Labute approximate surface area is 100 Å². The second-order valence-corrected chi connectivity index (χ2v) is 4.93. The minimum absolute atomic E-state index is 0.825. The third kappa shape index (κ3) is 2.15. The van der Waals surface area contributed by atoms with Gasteiger partial charge < -0.3 is 4.90 Å². The van der Waals surface area contributed by atoms with Gasteiger partial charge in [-0.1, -0.05) is 11.3 Å². The summed E-state index contributed by atoms with van der Waals surface area (Å²) in [6.45, 7) is 0. The van der Waals surface area contributed by atoms with Crippen molar-refractivity contribution < 1.29 is 0 Å². The van der Waals surface area contributed by atoms with Crippen molar-refractivity contribution in [1.82, 2.24) is 15.2 Å². The first-order valence-corrected chi connectivity index (χ1v) is 5.91. The monoisotopic (exact) mass is 284 g/mol. The molecule has 2 rings (SSSR count). The predicted molar refractivity (Wildman–Crippen MR) is 65.2 cm³/mol. The first kappa shape index (κ1) is 10.5. The number of halogens is 1. The second kappa shape index (κ2) is 4.24. The van der Waals surface area contributed by atoms with Crippen LogP contribution in [0.4, 0.5) is 5.13 Å². The Morgan fingerprint density at radius 1 is 1.33 bits per heavy atom. The largest absolute Gasteiger partial charge is 0.353 e. The smallest absolute Gasteiger partial charge is 0.208 e. The van der Waals surface area contributed by atoms with Crippen LogP contribution >= 0.6 is 27.3 Å². The zero-order valence-corrected chi connectivity index (χ0v) is 10.7. The summed E-state index contributed by atoms with van der Waals surface area (Å²) >= 11 is 4.96. The van der Waals surface area contributed by atoms with Crippen LogP contribution in [0.15, 0.2) is 22.8 Å². The van der Waals surface area contributed by atoms with E-state index in [0.717, 1.165) is 20.3 Å². The Bertz CT molecular complexity index is 469. The van der Waals surface area contributed by atoms with E-state index in [1.54, 1.807) is 6.20 Å². The maximum atomic E-state index is 4.26. The fourth-order valence-electron chi connectivity index (χ4n) is 1.03. The van der Waals surface area contributed by atoms with Gasteiger partial charge >= 0.3 is 0 Å². The third-order valence-electron chi connectivity index (χ3n) is 1.76. The molecule has 0 fully saturated rings. The molecule has 0 radical (unpaired) electrons. The Balaban J connectivity index is 2.42. The van der Waals surface area contributed by atoms with Gasteiger partial charge in [0.05, 0.1) is 0 Å². The maximum Gasteiger partial charge on any atom is 0.208 e. The van der Waals surface area contributed by atoms with E-state index < -0.39 is 0 Å². The summed E-state index contributed by atoms with van der Waals surface area (Å²) < 4.78 is 0.937. The zero-order chi connectivity index (χ0) is 10.8. The number of aromatic nitrogens is 3. The van der Waals surface area contributed by atoms with E-state index in [2.05, 4.69) is 31.1 Å². The SMILES string of the molecule is CN(C)c1nnc(-c2ncccc2Br)s1. The van der Waals surface area contributed by atoms with Crippen LogP contribution in [0.25, 0.3) is 10.7 Å². The number of anilines is 1. The summed E-state index contributed by atoms with van der Waals surface area (Å²) in [6.07, 6.45) is 1.75. The van der Waals surface area contributed by atoms with E-state index in [4.69, 9.17) is 0 Å². The normalized spacial score (nSPS) is 10.3. The molecule has 0 spiro atoms. The number of hydrogen-bond acceptors (Lipinski definition) is 5. The second-order valence-electron chi connectivity index (χ2n) is 3.12. The van der Waals surface area contributed by atoms with E-state index in [1.165, 1.54) is 11.3 Å². The van der Waals surface area contributed by atoms with Crippen LogP contribution in [-0.4, -0.2) is 29.3 Å². The lowest BCUT2D eigenvalue weighted by atomic mass is 10.4. The van der Waals surface area contributed by atoms with Crippen LogP contribution in [0.3, 0.4) is 0 Å². The van der Waals surface area contributed by atoms with E-state index in [0.29, 0.717) is 0 Å². The number of nitrogens with zero attached hydrogens (tertiary/aromatic N) is 4. The highest BCUT2D eigenvalue weighted by Gasteiger charge is 2.11. The molecule has 2 aromatic rings. The van der Waals surface area contributed by atoms with Crippen molar-refractivity contribution in [3.05, 3.63) is 22.8 Å². The van der Waals surface area contributed by atoms with Gasteiger partial charge in [-0.05, 0) is 28.1 Å². The minimum atomic E-state index is 0.825. The molecule has 0 unspecified atom stereocenters. The summed E-state index contributed by atoms with van der Waals surface area (Å²) in [6, 6.07) is 3.82. The van der Waals surface area contributed by atoms with Crippen molar-refractivity contribution in [1.29, 1.82) is 0 Å². The van der Waals surface area contributed by atoms with Gasteiger partial charge in [-0.15, -0.1) is 10.2 Å². The molecule has 2 aromatic heterocycles. The summed E-state index contributed by atoms with van der Waals surface area (Å²) in [4.78, 5) is 6.19. The predicted octanol–water partition coefficient (Wildman–Crippen LogP) is 2.43. The molecule has 0 aliphatic carbocycles. The standard InChI is InChI=1S/C9H9BrN4S/c1-14(2)9-13-12-8(15-9)7-6(10)4-3-5-11-7/h3-5H,1-2H3. The van der Waals surface area contributed by atoms with Gasteiger partial charge in [-0.25, -0.2) is 0 Å². The lowest BCUT2D eigenvalue weighted by Crippen LogP contribution is -2.07. The Morgan fingerprint density at radius 3 is 2.73 bits per heavy atom. The number of rotatable bonds is 2. The minimum Gasteiger partial charge on any atom is -0.353 e. The van der Waals surface area contributed by atoms with Gasteiger partial charge in [0.25, 0.3) is 0 Å². The molecule has 0 amide bonds. The van der Waals surface area contributed by atoms with E-state index >= 15 is 0 Å². The van der Waals surface area contributed by atoms with Crippen LogP contribution in [0, 0.1) is 0 Å². The Morgan fingerprint density at radius 2 is 2.13 bits per heavy atom. The average molecular weight is 285 g/mol. The van der Waals surface area contributed by atoms with E-state index in [-0.39, 0.29) is 0 Å². The molecule has 6 heteroatoms. The molecule has 0 N–H and O–H groups in total. The first-order valence-electron chi connectivity index (χ1n) is 4.30. The summed E-state index contributed by atoms with van der Waals surface area (Å²) in [5.41, 5.74) is 0.836. The fourth-order valence-corrected chi connectivity index (χ4v) is 2.39. The quantitative estimate of drug-likeness (QED) is 0.850. The van der Waals surface area contributed by atoms with E-state index in [1.807, 2.05) is 31.1 Å². The Hall–Kier alpha value is -1.01. The summed E-state index contributed by atoms with van der Waals surface area (Å²) in [5.74, 6) is 0. The topological polar surface area (TPSA) is 41.9 Å². The molecule has 0 aromatic carbocycles. The highest BCUT2D eigenvalue weighted by molar-refractivity contribution is 9.10. The van der Waals surface area contributed by atoms with Gasteiger partial charge in [0.2, 0.25) is 5.13 Å². The first-order chi connectivity index (χ1) is 7.18. The van der Waals surface area contributed by atoms with Crippen molar-refractivity contribution in [3.8, 4) is 10.7 Å². The highest BCUT2D eigenvalue weighted by Crippen LogP contribution is 2.30. The lowest BCUT2D eigenvalue weighted by Gasteiger charge is -2.03. The third-order valence-corrected chi connectivity index (χ3v) is 3.50. The van der Waals surface area contributed by atoms with Crippen LogP contribution in [-0.2, 0) is 0 Å². The van der Waals surface area contributed by atoms with Gasteiger partial charge in [0.1, 0.15) is 5.69 Å². The lowest BCUT2D eigenvalue weighted by molar-refractivity contribution is 1.02. The van der Waals surface area contributed by atoms with E-state index in [9.17, 15) is 0 Å². The van der Waals surface area contributed by atoms with Crippen LogP contribution in [0.1, 0.15) is 0 Å². The molecule has 0 bridgehead atoms. The fraction of sp³-hybridized carbons (Fsp3) is 0.222. The van der Waals surface area contributed by atoms with Gasteiger partial charge in [0.15, 0.2) is 5.01 Å². The molecular formula is C9H9BrN4S. The van der Waals surface area contributed by atoms with Crippen molar-refractivity contribution >= 4 is 32.4 Å². The molecule has 78 valence electrons. The average Bonchev–Trinajstić information content (AvgIpc) is 2.67. The van der Waals surface area contributed by atoms with Gasteiger partial charge in [-0.3, -0.25) is 4.98 Å². The molecule has 0 saturated carbocycles. The molecule has 15 heavy (non-hydrogen) atoms. The maximum absolute atomic E-state index is 4.26. The molecule has 0 saturated heterocycles. The van der Waals surface area contributed by atoms with Crippen molar-refractivity contribution in [2.24, 2.45) is 0 Å². The number of hydrogen-bond donors (Lipinski definition) is 0.